The Hall–Kier alpha value is -3.35. The van der Waals surface area contributed by atoms with Crippen LogP contribution in [0.5, 0.6) is 0 Å². The highest BCUT2D eigenvalue weighted by Crippen LogP contribution is 2.14. The Morgan fingerprint density at radius 2 is 1.76 bits per heavy atom. The van der Waals surface area contributed by atoms with Crippen molar-refractivity contribution in [1.29, 1.82) is 0 Å². The van der Waals surface area contributed by atoms with Crippen LogP contribution in [0, 0.1) is 0 Å². The minimum atomic E-state index is -0.440. The quantitative estimate of drug-likeness (QED) is 0.597. The topological polar surface area (TPSA) is 104 Å². The molecule has 128 valence electrons. The molecular weight excluding hydrogens is 322 g/mol. The molecule has 0 aliphatic rings. The molecule has 0 spiro atoms. The van der Waals surface area contributed by atoms with E-state index in [-0.39, 0.29) is 18.7 Å². The van der Waals surface area contributed by atoms with E-state index in [0.29, 0.717) is 23.1 Å². The molecule has 0 aliphatic heterocycles. The molecule has 3 aromatic rings. The molecule has 1 amide bonds. The maximum Gasteiger partial charge on any atom is 0.323 e. The van der Waals surface area contributed by atoms with Crippen molar-refractivity contribution in [2.75, 3.05) is 11.9 Å². The smallest absolute Gasteiger partial charge is 0.323 e. The number of amides is 1. The second kappa shape index (κ2) is 7.48. The molecule has 3 rings (SSSR count). The number of esters is 1. The Kier molecular flexibility index (Phi) is 4.94. The van der Waals surface area contributed by atoms with Crippen molar-refractivity contribution in [2.24, 2.45) is 0 Å². The number of carbonyl (C=O) groups excluding carboxylic acids is 2. The molecule has 0 bridgehead atoms. The molecule has 1 heterocycles. The summed E-state index contributed by atoms with van der Waals surface area (Å²) in [6, 6.07) is 14.5. The van der Waals surface area contributed by atoms with E-state index in [1.54, 1.807) is 18.2 Å². The summed E-state index contributed by atoms with van der Waals surface area (Å²) < 4.78 is 4.97. The minimum Gasteiger partial charge on any atom is -0.456 e. The Morgan fingerprint density at radius 1 is 1.00 bits per heavy atom. The second-order valence-electron chi connectivity index (χ2n) is 5.53. The number of aryl methyl sites for hydroxylation is 1. The van der Waals surface area contributed by atoms with E-state index < -0.39 is 11.9 Å². The number of anilines is 1. The van der Waals surface area contributed by atoms with E-state index in [1.165, 1.54) is 0 Å². The molecular formula is C18H17N3O4. The normalized spacial score (nSPS) is 10.6. The fraction of sp³-hybridized carbons (Fsp3) is 0.167. The lowest BCUT2D eigenvalue weighted by Gasteiger charge is -2.07. The number of hydrogen-bond donors (Lipinski definition) is 3. The number of fused-ring (bicyclic) bond motifs is 1. The van der Waals surface area contributed by atoms with Gasteiger partial charge in [-0.05, 0) is 30.2 Å². The summed E-state index contributed by atoms with van der Waals surface area (Å²) in [7, 11) is 0. The van der Waals surface area contributed by atoms with E-state index in [2.05, 4.69) is 15.3 Å². The highest BCUT2D eigenvalue weighted by molar-refractivity contribution is 5.94. The van der Waals surface area contributed by atoms with E-state index >= 15 is 0 Å². The molecule has 7 heteroatoms. The standard InChI is InChI=1S/C18H17N3O4/c22-16(11-25-17(23)9-6-12-4-2-1-3-5-12)19-13-7-8-14-15(10-13)21-18(24)20-14/h1-5,7-8,10H,6,9,11H2,(H,19,22)(H2,20,21,24). The van der Waals surface area contributed by atoms with Crippen LogP contribution in [0.4, 0.5) is 5.69 Å². The SMILES string of the molecule is O=C(COC(=O)CCc1ccccc1)Nc1ccc2[nH]c(=O)[nH]c2c1. The van der Waals surface area contributed by atoms with Gasteiger partial charge in [0.15, 0.2) is 6.61 Å². The van der Waals surface area contributed by atoms with Crippen molar-refractivity contribution < 1.29 is 14.3 Å². The van der Waals surface area contributed by atoms with Gasteiger partial charge in [0.1, 0.15) is 0 Å². The Morgan fingerprint density at radius 3 is 2.56 bits per heavy atom. The molecule has 0 saturated heterocycles. The summed E-state index contributed by atoms with van der Waals surface area (Å²) in [5.74, 6) is -0.866. The van der Waals surface area contributed by atoms with Gasteiger partial charge in [0, 0.05) is 12.1 Å². The summed E-state index contributed by atoms with van der Waals surface area (Å²) in [6.45, 7) is -0.352. The number of imidazole rings is 1. The van der Waals surface area contributed by atoms with Crippen molar-refractivity contribution >= 4 is 28.6 Å². The molecule has 1 aromatic heterocycles. The molecule has 0 fully saturated rings. The van der Waals surface area contributed by atoms with Crippen LogP contribution in [0.2, 0.25) is 0 Å². The van der Waals surface area contributed by atoms with Crippen LogP contribution in [-0.2, 0) is 20.7 Å². The molecule has 25 heavy (non-hydrogen) atoms. The number of rotatable bonds is 6. The van der Waals surface area contributed by atoms with Crippen LogP contribution in [0.25, 0.3) is 11.0 Å². The first-order valence-corrected chi connectivity index (χ1v) is 7.81. The first-order chi connectivity index (χ1) is 12.1. The van der Waals surface area contributed by atoms with E-state index in [4.69, 9.17) is 4.74 Å². The molecule has 0 atom stereocenters. The molecule has 0 saturated carbocycles. The van der Waals surface area contributed by atoms with Gasteiger partial charge in [-0.1, -0.05) is 30.3 Å². The van der Waals surface area contributed by atoms with Crippen LogP contribution >= 0.6 is 0 Å². The van der Waals surface area contributed by atoms with Crippen molar-refractivity contribution in [1.82, 2.24) is 9.97 Å². The summed E-state index contributed by atoms with van der Waals surface area (Å²) in [6.07, 6.45) is 0.784. The Labute approximate surface area is 143 Å². The zero-order valence-electron chi connectivity index (χ0n) is 13.4. The predicted octanol–water partition coefficient (Wildman–Crippen LogP) is 1.97. The average Bonchev–Trinajstić information content (AvgIpc) is 2.98. The van der Waals surface area contributed by atoms with Crippen molar-refractivity contribution in [2.45, 2.75) is 12.8 Å². The van der Waals surface area contributed by atoms with Crippen LogP contribution < -0.4 is 11.0 Å². The number of carbonyl (C=O) groups is 2. The van der Waals surface area contributed by atoms with Crippen LogP contribution in [0.1, 0.15) is 12.0 Å². The molecule has 2 aromatic carbocycles. The molecule has 0 radical (unpaired) electrons. The van der Waals surface area contributed by atoms with Crippen molar-refractivity contribution in [3.63, 3.8) is 0 Å². The highest BCUT2D eigenvalue weighted by Gasteiger charge is 2.09. The zero-order valence-corrected chi connectivity index (χ0v) is 13.4. The Balaban J connectivity index is 1.46. The third-order valence-electron chi connectivity index (χ3n) is 3.62. The number of aromatic amines is 2. The monoisotopic (exact) mass is 339 g/mol. The highest BCUT2D eigenvalue weighted by atomic mass is 16.5. The number of hydrogen-bond acceptors (Lipinski definition) is 4. The molecule has 3 N–H and O–H groups in total. The van der Waals surface area contributed by atoms with E-state index in [9.17, 15) is 14.4 Å². The van der Waals surface area contributed by atoms with Gasteiger partial charge in [-0.25, -0.2) is 4.79 Å². The average molecular weight is 339 g/mol. The van der Waals surface area contributed by atoms with Gasteiger partial charge >= 0.3 is 11.7 Å². The van der Waals surface area contributed by atoms with E-state index in [1.807, 2.05) is 30.3 Å². The van der Waals surface area contributed by atoms with Crippen LogP contribution in [0.15, 0.2) is 53.3 Å². The number of H-pyrrole nitrogens is 2. The van der Waals surface area contributed by atoms with Gasteiger partial charge in [0.2, 0.25) is 0 Å². The number of ether oxygens (including phenoxy) is 1. The largest absolute Gasteiger partial charge is 0.456 e. The molecule has 0 unspecified atom stereocenters. The second-order valence-corrected chi connectivity index (χ2v) is 5.53. The van der Waals surface area contributed by atoms with Gasteiger partial charge in [0.25, 0.3) is 5.91 Å². The third kappa shape index (κ3) is 4.57. The maximum absolute atomic E-state index is 11.9. The zero-order chi connectivity index (χ0) is 17.6. The number of nitrogens with one attached hydrogen (secondary N) is 3. The molecule has 0 aliphatic carbocycles. The first-order valence-electron chi connectivity index (χ1n) is 7.81. The van der Waals surface area contributed by atoms with Gasteiger partial charge in [-0.15, -0.1) is 0 Å². The van der Waals surface area contributed by atoms with Crippen LogP contribution in [0.3, 0.4) is 0 Å². The fourth-order valence-electron chi connectivity index (χ4n) is 2.42. The van der Waals surface area contributed by atoms with Gasteiger partial charge in [-0.2, -0.15) is 0 Å². The summed E-state index contributed by atoms with van der Waals surface area (Å²) in [5.41, 5.74) is 2.47. The number of aromatic nitrogens is 2. The first kappa shape index (κ1) is 16.5. The minimum absolute atomic E-state index is 0.216. The lowest BCUT2D eigenvalue weighted by Crippen LogP contribution is -2.21. The summed E-state index contributed by atoms with van der Waals surface area (Å²) in [4.78, 5) is 40.0. The van der Waals surface area contributed by atoms with Crippen molar-refractivity contribution in [3.8, 4) is 0 Å². The Bertz CT molecular complexity index is 944. The number of benzene rings is 2. The summed E-state index contributed by atoms with van der Waals surface area (Å²) in [5, 5.41) is 2.62. The van der Waals surface area contributed by atoms with E-state index in [0.717, 1.165) is 5.56 Å². The van der Waals surface area contributed by atoms with Gasteiger partial charge in [-0.3, -0.25) is 9.59 Å². The lowest BCUT2D eigenvalue weighted by molar-refractivity contribution is -0.147. The predicted molar refractivity (Wildman–Crippen MR) is 93.3 cm³/mol. The third-order valence-corrected chi connectivity index (χ3v) is 3.62. The maximum atomic E-state index is 11.9. The van der Waals surface area contributed by atoms with Crippen LogP contribution in [-0.4, -0.2) is 28.5 Å². The van der Waals surface area contributed by atoms with Gasteiger partial charge < -0.3 is 20.0 Å². The molecule has 7 nitrogen and oxygen atoms in total. The van der Waals surface area contributed by atoms with Gasteiger partial charge in [0.05, 0.1) is 11.0 Å². The fourth-order valence-corrected chi connectivity index (χ4v) is 2.42. The van der Waals surface area contributed by atoms with Crippen molar-refractivity contribution in [3.05, 3.63) is 64.6 Å². The summed E-state index contributed by atoms with van der Waals surface area (Å²) >= 11 is 0. The lowest BCUT2D eigenvalue weighted by atomic mass is 10.1.